The standard InChI is InChI=1S/C11H13NO2S.Ca.2H/c13-11(14)10-7-4-8-12(10)15-9-5-2-1-3-6-9;;;/h1-3,5-6,10H,4,7-8H2,(H,13,14);;;/q;+2;2*-1/t10-;;;/m0.../s1. The van der Waals surface area contributed by atoms with Crippen molar-refractivity contribution >= 4 is 55.7 Å². The molecule has 0 saturated carbocycles. The molecule has 1 aliphatic heterocycles. The van der Waals surface area contributed by atoms with Crippen molar-refractivity contribution in [3.8, 4) is 0 Å². The van der Waals surface area contributed by atoms with Crippen LogP contribution in [0.25, 0.3) is 0 Å². The van der Waals surface area contributed by atoms with E-state index in [2.05, 4.69) is 0 Å². The average molecular weight is 265 g/mol. The van der Waals surface area contributed by atoms with Crippen LogP contribution in [0.5, 0.6) is 0 Å². The molecule has 1 heterocycles. The van der Waals surface area contributed by atoms with Gasteiger partial charge in [-0.3, -0.25) is 4.79 Å². The second-order valence-corrected chi connectivity index (χ2v) is 4.66. The Bertz CT molecular complexity index is 356. The number of benzene rings is 1. The Kier molecular flexibility index (Phi) is 6.14. The zero-order valence-electron chi connectivity index (χ0n) is 11.0. The first-order valence-electron chi connectivity index (χ1n) is 5.00. The van der Waals surface area contributed by atoms with Crippen molar-refractivity contribution in [3.63, 3.8) is 0 Å². The second kappa shape index (κ2) is 6.87. The van der Waals surface area contributed by atoms with Gasteiger partial charge in [-0.2, -0.15) is 0 Å². The van der Waals surface area contributed by atoms with Gasteiger partial charge in [0.05, 0.1) is 0 Å². The predicted molar refractivity (Wildman–Crippen MR) is 67.6 cm³/mol. The molecular weight excluding hydrogens is 250 g/mol. The molecule has 2 rings (SSSR count). The fraction of sp³-hybridized carbons (Fsp3) is 0.364. The molecule has 1 aliphatic rings. The van der Waals surface area contributed by atoms with E-state index in [1.54, 1.807) is 11.9 Å². The summed E-state index contributed by atoms with van der Waals surface area (Å²) < 4.78 is 1.96. The van der Waals surface area contributed by atoms with Crippen LogP contribution < -0.4 is 0 Å². The molecule has 1 aromatic rings. The maximum Gasteiger partial charge on any atom is 2.00 e. The van der Waals surface area contributed by atoms with Gasteiger partial charge in [-0.1, -0.05) is 18.2 Å². The van der Waals surface area contributed by atoms with E-state index in [0.717, 1.165) is 24.3 Å². The van der Waals surface area contributed by atoms with E-state index in [-0.39, 0.29) is 46.6 Å². The number of hydrogen-bond acceptors (Lipinski definition) is 3. The molecule has 84 valence electrons. The van der Waals surface area contributed by atoms with Gasteiger partial charge < -0.3 is 7.96 Å². The molecule has 0 aromatic heterocycles. The van der Waals surface area contributed by atoms with E-state index in [1.807, 2.05) is 34.6 Å². The number of carboxylic acids is 1. The second-order valence-electron chi connectivity index (χ2n) is 3.54. The van der Waals surface area contributed by atoms with Crippen LogP contribution in [0.3, 0.4) is 0 Å². The number of carbonyl (C=O) groups is 1. The molecule has 1 atom stereocenters. The molecule has 5 heteroatoms. The van der Waals surface area contributed by atoms with Gasteiger partial charge in [0.2, 0.25) is 0 Å². The van der Waals surface area contributed by atoms with Crippen LogP contribution >= 0.6 is 11.9 Å². The van der Waals surface area contributed by atoms with E-state index < -0.39 is 5.97 Å². The van der Waals surface area contributed by atoms with Gasteiger partial charge in [0, 0.05) is 11.4 Å². The summed E-state index contributed by atoms with van der Waals surface area (Å²) >= 11 is 1.54. The molecule has 16 heavy (non-hydrogen) atoms. The molecule has 0 radical (unpaired) electrons. The normalized spacial score (nSPS) is 20.4. The van der Waals surface area contributed by atoms with Gasteiger partial charge in [-0.15, -0.1) is 0 Å². The average Bonchev–Trinajstić information content (AvgIpc) is 2.67. The van der Waals surface area contributed by atoms with Crippen molar-refractivity contribution in [1.29, 1.82) is 0 Å². The van der Waals surface area contributed by atoms with E-state index in [0.29, 0.717) is 0 Å². The monoisotopic (exact) mass is 265 g/mol. The van der Waals surface area contributed by atoms with Crippen LogP contribution in [0.1, 0.15) is 15.7 Å². The Morgan fingerprint density at radius 3 is 2.75 bits per heavy atom. The third-order valence-electron chi connectivity index (χ3n) is 2.45. The molecule has 1 aromatic carbocycles. The quantitative estimate of drug-likeness (QED) is 0.671. The van der Waals surface area contributed by atoms with Crippen LogP contribution in [0, 0.1) is 0 Å². The van der Waals surface area contributed by atoms with Gasteiger partial charge in [-0.05, 0) is 36.9 Å². The molecule has 1 N–H and O–H groups in total. The Morgan fingerprint density at radius 1 is 1.44 bits per heavy atom. The first-order valence-corrected chi connectivity index (χ1v) is 5.77. The molecular formula is C11H15CaNO2S. The van der Waals surface area contributed by atoms with Crippen LogP contribution in [-0.2, 0) is 4.79 Å². The van der Waals surface area contributed by atoms with Gasteiger partial charge in [-0.25, -0.2) is 4.31 Å². The van der Waals surface area contributed by atoms with Crippen molar-refractivity contribution in [3.05, 3.63) is 30.3 Å². The Hall–Kier alpha value is 0.260. The first-order chi connectivity index (χ1) is 7.27. The summed E-state index contributed by atoms with van der Waals surface area (Å²) in [5.41, 5.74) is 0. The van der Waals surface area contributed by atoms with Gasteiger partial charge in [0.25, 0.3) is 0 Å². The summed E-state index contributed by atoms with van der Waals surface area (Å²) in [5, 5.41) is 9.01. The number of aliphatic carboxylic acids is 1. The summed E-state index contributed by atoms with van der Waals surface area (Å²) in [6.07, 6.45) is 1.73. The Morgan fingerprint density at radius 2 is 2.12 bits per heavy atom. The molecule has 0 amide bonds. The van der Waals surface area contributed by atoms with Crippen molar-refractivity contribution in [1.82, 2.24) is 4.31 Å². The molecule has 0 aliphatic carbocycles. The van der Waals surface area contributed by atoms with Crippen molar-refractivity contribution < 1.29 is 12.8 Å². The van der Waals surface area contributed by atoms with Crippen LogP contribution in [0.15, 0.2) is 35.2 Å². The Labute approximate surface area is 132 Å². The summed E-state index contributed by atoms with van der Waals surface area (Å²) in [6, 6.07) is 9.57. The molecule has 1 fully saturated rings. The molecule has 0 spiro atoms. The first kappa shape index (κ1) is 14.3. The van der Waals surface area contributed by atoms with Crippen molar-refractivity contribution in [2.45, 2.75) is 23.8 Å². The summed E-state index contributed by atoms with van der Waals surface area (Å²) in [6.45, 7) is 0.858. The number of rotatable bonds is 3. The molecule has 0 bridgehead atoms. The summed E-state index contributed by atoms with van der Waals surface area (Å²) in [5.74, 6) is -0.712. The Balaban J connectivity index is 0. The van der Waals surface area contributed by atoms with Crippen LogP contribution in [-0.4, -0.2) is 65.7 Å². The molecule has 3 nitrogen and oxygen atoms in total. The maximum atomic E-state index is 10.9. The molecule has 0 unspecified atom stereocenters. The maximum absolute atomic E-state index is 10.9. The topological polar surface area (TPSA) is 40.5 Å². The fourth-order valence-electron chi connectivity index (χ4n) is 1.71. The largest absolute Gasteiger partial charge is 2.00 e. The SMILES string of the molecule is O=C(O)[C@@H]1CCCN1Sc1ccccc1.[Ca+2].[H-].[H-]. The van der Waals surface area contributed by atoms with E-state index in [4.69, 9.17) is 5.11 Å². The predicted octanol–water partition coefficient (Wildman–Crippen LogP) is 2.09. The molecule has 1 saturated heterocycles. The zero-order valence-corrected chi connectivity index (χ0v) is 12.0. The third kappa shape index (κ3) is 3.64. The van der Waals surface area contributed by atoms with Crippen LogP contribution in [0.2, 0.25) is 0 Å². The number of carboxylic acid groups (broad SMARTS) is 1. The van der Waals surface area contributed by atoms with Crippen LogP contribution in [0.4, 0.5) is 0 Å². The van der Waals surface area contributed by atoms with Gasteiger partial charge in [0.15, 0.2) is 0 Å². The van der Waals surface area contributed by atoms with E-state index in [9.17, 15) is 4.79 Å². The van der Waals surface area contributed by atoms with E-state index >= 15 is 0 Å². The smallest absolute Gasteiger partial charge is 1.00 e. The van der Waals surface area contributed by atoms with Crippen molar-refractivity contribution in [2.75, 3.05) is 6.54 Å². The summed E-state index contributed by atoms with van der Waals surface area (Å²) in [7, 11) is 0. The van der Waals surface area contributed by atoms with E-state index in [1.165, 1.54) is 0 Å². The number of nitrogens with zero attached hydrogens (tertiary/aromatic N) is 1. The van der Waals surface area contributed by atoms with Crippen molar-refractivity contribution in [2.24, 2.45) is 0 Å². The minimum absolute atomic E-state index is 0. The zero-order chi connectivity index (χ0) is 10.7. The number of hydrogen-bond donors (Lipinski definition) is 1. The minimum atomic E-state index is -0.712. The third-order valence-corrected chi connectivity index (χ3v) is 3.61. The van der Waals surface area contributed by atoms with Gasteiger partial charge in [0.1, 0.15) is 6.04 Å². The van der Waals surface area contributed by atoms with Gasteiger partial charge >= 0.3 is 43.7 Å². The fourth-order valence-corrected chi connectivity index (χ4v) is 2.81. The summed E-state index contributed by atoms with van der Waals surface area (Å²) in [4.78, 5) is 12.0. The minimum Gasteiger partial charge on any atom is -1.00 e.